The maximum Gasteiger partial charge on any atom is 0.258 e. The number of amides is 1. The van der Waals surface area contributed by atoms with Crippen molar-refractivity contribution in [2.45, 2.75) is 69.6 Å². The first-order chi connectivity index (χ1) is 17.6. The first-order valence-electron chi connectivity index (χ1n) is 13.8. The van der Waals surface area contributed by atoms with Crippen molar-refractivity contribution in [1.29, 1.82) is 0 Å². The maximum absolute atomic E-state index is 13.9. The van der Waals surface area contributed by atoms with E-state index in [0.717, 1.165) is 55.5 Å². The van der Waals surface area contributed by atoms with Crippen LogP contribution in [0.3, 0.4) is 0 Å². The molecule has 1 aromatic heterocycles. The normalized spacial score (nSPS) is 29.2. The molecule has 36 heavy (non-hydrogen) atoms. The van der Waals surface area contributed by atoms with Gasteiger partial charge in [0.05, 0.1) is 12.0 Å². The van der Waals surface area contributed by atoms with Crippen LogP contribution in [0.1, 0.15) is 60.5 Å². The van der Waals surface area contributed by atoms with Gasteiger partial charge in [-0.25, -0.2) is 0 Å². The second-order valence-corrected chi connectivity index (χ2v) is 11.6. The van der Waals surface area contributed by atoms with Gasteiger partial charge in [-0.2, -0.15) is 0 Å². The van der Waals surface area contributed by atoms with Crippen LogP contribution in [0.2, 0.25) is 0 Å². The molecule has 0 spiro atoms. The number of aliphatic hydroxyl groups excluding tert-OH is 1. The Bertz CT molecular complexity index is 1270. The zero-order chi connectivity index (χ0) is 24.4. The lowest BCUT2D eigenvalue weighted by atomic mass is 9.86. The molecule has 2 fully saturated rings. The van der Waals surface area contributed by atoms with E-state index in [1.807, 2.05) is 10.6 Å². The van der Waals surface area contributed by atoms with Crippen molar-refractivity contribution in [2.75, 3.05) is 13.2 Å². The molecule has 0 radical (unpaired) electrons. The molecule has 0 unspecified atom stereocenters. The van der Waals surface area contributed by atoms with Crippen molar-refractivity contribution >= 4 is 11.5 Å². The van der Waals surface area contributed by atoms with Gasteiger partial charge in [0.2, 0.25) is 5.91 Å². The highest BCUT2D eigenvalue weighted by Gasteiger charge is 2.56. The summed E-state index contributed by atoms with van der Waals surface area (Å²) in [5.74, 6) is 0.170. The first kappa shape index (κ1) is 22.5. The molecule has 4 atom stereocenters. The van der Waals surface area contributed by atoms with Crippen LogP contribution < -0.4 is 10.9 Å². The van der Waals surface area contributed by atoms with E-state index in [4.69, 9.17) is 0 Å². The Morgan fingerprint density at radius 3 is 2.53 bits per heavy atom. The molecule has 3 aliphatic carbocycles. The Kier molecular flexibility index (Phi) is 5.44. The Morgan fingerprint density at radius 1 is 1.08 bits per heavy atom. The molecule has 2 aromatic rings. The van der Waals surface area contributed by atoms with Gasteiger partial charge in [0.25, 0.3) is 5.56 Å². The monoisotopic (exact) mass is 485 g/mol. The Labute approximate surface area is 212 Å². The summed E-state index contributed by atoms with van der Waals surface area (Å²) in [7, 11) is 0. The van der Waals surface area contributed by atoms with Crippen LogP contribution in [-0.2, 0) is 24.2 Å². The molecule has 1 amide bonds. The fraction of sp³-hybridized carbons (Fsp3) is 0.533. The molecule has 2 N–H and O–H groups in total. The summed E-state index contributed by atoms with van der Waals surface area (Å²) in [5.41, 5.74) is 5.63. The minimum atomic E-state index is -0.354. The van der Waals surface area contributed by atoms with Crippen LogP contribution in [0, 0.1) is 17.8 Å². The number of allylic oxidation sites excluding steroid dienone is 2. The highest BCUT2D eigenvalue weighted by Crippen LogP contribution is 2.50. The Morgan fingerprint density at radius 2 is 1.86 bits per heavy atom. The highest BCUT2D eigenvalue weighted by atomic mass is 16.3. The summed E-state index contributed by atoms with van der Waals surface area (Å²) in [6, 6.07) is 12.5. The molecule has 1 aromatic carbocycles. The SMILES string of the molecule is O=C(NC1Cc2ccccc2C1)[C@@H]1[C@@H](CO)[C@@H]2Cn3c(ccc(C4=CCCC4)c3=O)[C@H]1N2CC1CC1. The number of aromatic nitrogens is 1. The van der Waals surface area contributed by atoms with Crippen molar-refractivity contribution in [2.24, 2.45) is 17.8 Å². The number of benzene rings is 1. The molecule has 1 saturated heterocycles. The summed E-state index contributed by atoms with van der Waals surface area (Å²) >= 11 is 0. The van der Waals surface area contributed by atoms with E-state index < -0.39 is 0 Å². The van der Waals surface area contributed by atoms with Gasteiger partial charge >= 0.3 is 0 Å². The molecule has 6 heteroatoms. The van der Waals surface area contributed by atoms with Gasteiger partial charge in [-0.3, -0.25) is 14.5 Å². The number of hydrogen-bond donors (Lipinski definition) is 2. The van der Waals surface area contributed by atoms with Crippen LogP contribution in [0.4, 0.5) is 0 Å². The second kappa shape index (κ2) is 8.70. The van der Waals surface area contributed by atoms with Gasteiger partial charge in [-0.1, -0.05) is 30.3 Å². The molecule has 1 saturated carbocycles. The van der Waals surface area contributed by atoms with Crippen LogP contribution in [-0.4, -0.2) is 45.7 Å². The van der Waals surface area contributed by atoms with E-state index in [-0.39, 0.29) is 48.0 Å². The van der Waals surface area contributed by atoms with Crippen molar-refractivity contribution in [3.63, 3.8) is 0 Å². The standard InChI is InChI=1S/C30H35N3O3/c34-17-24-26-16-33-25(12-11-23(30(33)36)19-5-1-2-6-19)28(32(26)15-18-9-10-18)27(24)29(35)31-22-13-20-7-3-4-8-21(20)14-22/h3-5,7-8,11-12,18,22,24,26-28,34H,1-2,6,9-10,13-17H2,(H,31,35)/t24-,26-,27+,28+/m0/s1. The number of nitrogens with one attached hydrogen (secondary N) is 1. The summed E-state index contributed by atoms with van der Waals surface area (Å²) < 4.78 is 1.94. The average Bonchev–Trinajstić information content (AvgIpc) is 3.27. The molecule has 6 nitrogen and oxygen atoms in total. The number of carbonyl (C=O) groups excluding carboxylic acids is 1. The number of carbonyl (C=O) groups is 1. The predicted octanol–water partition coefficient (Wildman–Crippen LogP) is 3.07. The van der Waals surface area contributed by atoms with Gasteiger partial charge in [0.1, 0.15) is 0 Å². The fourth-order valence-electron chi connectivity index (χ4n) is 7.49. The van der Waals surface area contributed by atoms with Crippen LogP contribution in [0.15, 0.2) is 47.3 Å². The highest BCUT2D eigenvalue weighted by molar-refractivity contribution is 5.81. The minimum Gasteiger partial charge on any atom is -0.396 e. The Balaban J connectivity index is 1.23. The molecule has 3 heterocycles. The molecule has 2 bridgehead atoms. The van der Waals surface area contributed by atoms with Crippen LogP contribution in [0.25, 0.3) is 5.57 Å². The predicted molar refractivity (Wildman–Crippen MR) is 138 cm³/mol. The third-order valence-corrected chi connectivity index (χ3v) is 9.42. The van der Waals surface area contributed by atoms with Crippen molar-refractivity contribution < 1.29 is 9.90 Å². The summed E-state index contributed by atoms with van der Waals surface area (Å²) in [5, 5.41) is 13.9. The van der Waals surface area contributed by atoms with E-state index in [1.165, 1.54) is 24.0 Å². The van der Waals surface area contributed by atoms with E-state index in [9.17, 15) is 14.7 Å². The van der Waals surface area contributed by atoms with Crippen molar-refractivity contribution in [1.82, 2.24) is 14.8 Å². The topological polar surface area (TPSA) is 74.6 Å². The largest absolute Gasteiger partial charge is 0.396 e. The molecule has 7 rings (SSSR count). The van der Waals surface area contributed by atoms with E-state index in [0.29, 0.717) is 12.5 Å². The lowest BCUT2D eigenvalue weighted by Crippen LogP contribution is -2.47. The third-order valence-electron chi connectivity index (χ3n) is 9.42. The average molecular weight is 486 g/mol. The van der Waals surface area contributed by atoms with Gasteiger partial charge in [0.15, 0.2) is 0 Å². The minimum absolute atomic E-state index is 0.00938. The number of rotatable bonds is 6. The Hall–Kier alpha value is -2.70. The van der Waals surface area contributed by atoms with Crippen LogP contribution >= 0.6 is 0 Å². The summed E-state index contributed by atoms with van der Waals surface area (Å²) in [4.78, 5) is 30.1. The van der Waals surface area contributed by atoms with Gasteiger partial charge in [-0.15, -0.1) is 0 Å². The second-order valence-electron chi connectivity index (χ2n) is 11.6. The van der Waals surface area contributed by atoms with Crippen LogP contribution in [0.5, 0.6) is 0 Å². The first-order valence-corrected chi connectivity index (χ1v) is 13.8. The quantitative estimate of drug-likeness (QED) is 0.660. The van der Waals surface area contributed by atoms with Crippen molar-refractivity contribution in [3.8, 4) is 0 Å². The maximum atomic E-state index is 13.9. The zero-order valence-electron chi connectivity index (χ0n) is 20.7. The number of hydrogen-bond acceptors (Lipinski definition) is 4. The van der Waals surface area contributed by atoms with Gasteiger partial charge < -0.3 is 15.0 Å². The van der Waals surface area contributed by atoms with E-state index in [1.54, 1.807) is 0 Å². The summed E-state index contributed by atoms with van der Waals surface area (Å²) in [6.07, 6.45) is 9.48. The number of pyridine rings is 1. The van der Waals surface area contributed by atoms with Gasteiger partial charge in [0, 0.05) is 49.0 Å². The van der Waals surface area contributed by atoms with Crippen molar-refractivity contribution in [3.05, 3.63) is 75.2 Å². The lowest BCUT2D eigenvalue weighted by Gasteiger charge is -2.38. The molecular formula is C30H35N3O3. The number of nitrogens with zero attached hydrogens (tertiary/aromatic N) is 2. The third kappa shape index (κ3) is 3.60. The lowest BCUT2D eigenvalue weighted by molar-refractivity contribution is -0.128. The van der Waals surface area contributed by atoms with E-state index >= 15 is 0 Å². The fourth-order valence-corrected chi connectivity index (χ4v) is 7.49. The summed E-state index contributed by atoms with van der Waals surface area (Å²) in [6.45, 7) is 1.47. The zero-order valence-corrected chi connectivity index (χ0v) is 20.7. The van der Waals surface area contributed by atoms with Gasteiger partial charge in [-0.05, 0) is 79.7 Å². The molecular weight excluding hydrogens is 450 g/mol. The molecule has 2 aliphatic heterocycles. The van der Waals surface area contributed by atoms with E-state index in [2.05, 4.69) is 46.6 Å². The number of aliphatic hydroxyl groups is 1. The smallest absolute Gasteiger partial charge is 0.258 e. The molecule has 188 valence electrons. The number of fused-ring (bicyclic) bond motifs is 5. The molecule has 5 aliphatic rings.